The first kappa shape index (κ1) is 34.7. The van der Waals surface area contributed by atoms with Crippen LogP contribution in [0.1, 0.15) is 49.3 Å². The van der Waals surface area contributed by atoms with Crippen molar-refractivity contribution in [2.24, 2.45) is 5.41 Å². The predicted molar refractivity (Wildman–Crippen MR) is 183 cm³/mol. The first-order chi connectivity index (χ1) is 23.0. The van der Waals surface area contributed by atoms with Crippen LogP contribution in [0.15, 0.2) is 85.1 Å². The van der Waals surface area contributed by atoms with E-state index in [0.29, 0.717) is 36.1 Å². The fourth-order valence-electron chi connectivity index (χ4n) is 6.56. The van der Waals surface area contributed by atoms with Gasteiger partial charge >= 0.3 is 12.2 Å². The molecule has 1 aliphatic carbocycles. The molecule has 1 unspecified atom stereocenters. The number of carbonyl (C=O) groups excluding carboxylic acids is 2. The summed E-state index contributed by atoms with van der Waals surface area (Å²) >= 11 is 0. The van der Waals surface area contributed by atoms with E-state index in [-0.39, 0.29) is 31.1 Å². The summed E-state index contributed by atoms with van der Waals surface area (Å²) in [6.45, 7) is 1.83. The van der Waals surface area contributed by atoms with E-state index < -0.39 is 30.8 Å². The van der Waals surface area contributed by atoms with E-state index in [9.17, 15) is 28.9 Å². The van der Waals surface area contributed by atoms with Crippen LogP contribution in [0.3, 0.4) is 0 Å². The normalized spacial score (nSPS) is 16.4. The molecule has 1 aromatic heterocycles. The summed E-state index contributed by atoms with van der Waals surface area (Å²) in [7, 11) is -2.68. The lowest BCUT2D eigenvalue weighted by atomic mass is 9.87. The number of hydrogen-bond acceptors (Lipinski definition) is 6. The van der Waals surface area contributed by atoms with Crippen LogP contribution < -0.4 is 15.4 Å². The van der Waals surface area contributed by atoms with Gasteiger partial charge in [0.2, 0.25) is 13.3 Å². The van der Waals surface area contributed by atoms with Gasteiger partial charge in [-0.3, -0.25) is 13.9 Å². The van der Waals surface area contributed by atoms with Gasteiger partial charge in [0.25, 0.3) is 0 Å². The highest BCUT2D eigenvalue weighted by Gasteiger charge is 2.49. The molecule has 254 valence electrons. The Hall–Kier alpha value is -4.60. The van der Waals surface area contributed by atoms with Gasteiger partial charge in [0, 0.05) is 30.2 Å². The minimum Gasteiger partial charge on any atom is -0.497 e. The Labute approximate surface area is 279 Å². The first-order valence-electron chi connectivity index (χ1n) is 16.0. The van der Waals surface area contributed by atoms with Crippen LogP contribution in [0.4, 0.5) is 9.59 Å². The van der Waals surface area contributed by atoms with Crippen molar-refractivity contribution in [2.45, 2.75) is 63.9 Å². The van der Waals surface area contributed by atoms with E-state index in [2.05, 4.69) is 10.6 Å². The number of rotatable bonds is 13. The number of nitrogens with one attached hydrogen (secondary N) is 2. The number of ether oxygens (including phenoxy) is 2. The molecule has 0 spiro atoms. The summed E-state index contributed by atoms with van der Waals surface area (Å²) in [5.41, 5.74) is 1.70. The maximum atomic E-state index is 14.3. The summed E-state index contributed by atoms with van der Waals surface area (Å²) in [6, 6.07) is 22.9. The van der Waals surface area contributed by atoms with Gasteiger partial charge in [0.15, 0.2) is 0 Å². The lowest BCUT2D eigenvalue weighted by Crippen LogP contribution is -2.47. The number of carboxylic acid groups (broad SMARTS) is 1. The molecule has 1 fully saturated rings. The lowest BCUT2D eigenvalue weighted by Gasteiger charge is -2.34. The fourth-order valence-corrected chi connectivity index (χ4v) is 8.91. The van der Waals surface area contributed by atoms with Crippen molar-refractivity contribution in [1.82, 2.24) is 15.2 Å². The summed E-state index contributed by atoms with van der Waals surface area (Å²) in [4.78, 5) is 50.5. The topological polar surface area (TPSA) is 156 Å². The quantitative estimate of drug-likeness (QED) is 0.116. The lowest BCUT2D eigenvalue weighted by molar-refractivity contribution is -0.130. The van der Waals surface area contributed by atoms with Crippen LogP contribution >= 0.6 is 7.37 Å². The minimum atomic E-state index is -4.23. The number of nitrogens with zero attached hydrogens (tertiary/aromatic N) is 1. The second-order valence-electron chi connectivity index (χ2n) is 12.6. The Morgan fingerprint density at radius 3 is 2.25 bits per heavy atom. The zero-order valence-electron chi connectivity index (χ0n) is 27.1. The SMILES string of the molecule is COc1ccc(C[C@H](NC(=O)OCc2ccccc2)P(=O)(O)CC2(C(=O)N[C@@H](C)Cc3cn(C(=O)O)c4ccccc34)CCCC2)cc1. The highest BCUT2D eigenvalue weighted by Crippen LogP contribution is 2.55. The standard InChI is InChI=1S/C36H42N3O8P/c1-25(20-28-22-39(35(42)43)31-13-7-6-12-30(28)31)37-33(40)36(18-8-9-19-36)24-48(44,45)32(21-26-14-16-29(46-2)17-15-26)38-34(41)47-23-27-10-4-3-5-11-27/h3-7,10-17,22,25,32H,8-9,18-21,23-24H2,1-2H3,(H,37,40)(H,38,41)(H,42,43)(H,44,45)/t25-,32+/m0/s1. The smallest absolute Gasteiger partial charge is 0.416 e. The molecule has 1 heterocycles. The van der Waals surface area contributed by atoms with Gasteiger partial charge in [-0.1, -0.05) is 73.5 Å². The Balaban J connectivity index is 1.33. The Morgan fingerprint density at radius 2 is 1.58 bits per heavy atom. The number of carbonyl (C=O) groups is 3. The molecule has 1 saturated carbocycles. The molecule has 0 bridgehead atoms. The second-order valence-corrected chi connectivity index (χ2v) is 15.0. The van der Waals surface area contributed by atoms with E-state index in [1.54, 1.807) is 49.7 Å². The molecule has 0 saturated heterocycles. The Bertz CT molecular complexity index is 1780. The zero-order valence-corrected chi connectivity index (χ0v) is 28.0. The van der Waals surface area contributed by atoms with Crippen LogP contribution in [0.5, 0.6) is 5.75 Å². The molecule has 1 aliphatic rings. The average molecular weight is 676 g/mol. The monoisotopic (exact) mass is 675 g/mol. The first-order valence-corrected chi connectivity index (χ1v) is 18.0. The van der Waals surface area contributed by atoms with Crippen LogP contribution in [0.25, 0.3) is 10.9 Å². The largest absolute Gasteiger partial charge is 0.497 e. The molecule has 2 amide bonds. The molecule has 0 radical (unpaired) electrons. The molecule has 12 heteroatoms. The number of alkyl carbamates (subject to hydrolysis) is 1. The number of amides is 2. The third-order valence-corrected chi connectivity index (χ3v) is 11.4. The molecule has 0 aliphatic heterocycles. The van der Waals surface area contributed by atoms with Crippen molar-refractivity contribution in [3.8, 4) is 5.75 Å². The van der Waals surface area contributed by atoms with Gasteiger partial charge in [-0.15, -0.1) is 0 Å². The van der Waals surface area contributed by atoms with Gasteiger partial charge in [0.05, 0.1) is 18.0 Å². The van der Waals surface area contributed by atoms with Crippen LogP contribution in [0.2, 0.25) is 0 Å². The summed E-state index contributed by atoms with van der Waals surface area (Å²) in [6.07, 6.45) is 2.06. The number of aromatic nitrogens is 1. The fraction of sp³-hybridized carbons (Fsp3) is 0.361. The van der Waals surface area contributed by atoms with Crippen molar-refractivity contribution in [1.29, 1.82) is 0 Å². The predicted octanol–water partition coefficient (Wildman–Crippen LogP) is 6.55. The summed E-state index contributed by atoms with van der Waals surface area (Å²) in [5.74, 6) is -0.904. The zero-order chi connectivity index (χ0) is 34.3. The average Bonchev–Trinajstić information content (AvgIpc) is 3.70. The van der Waals surface area contributed by atoms with Crippen molar-refractivity contribution < 1.29 is 38.4 Å². The van der Waals surface area contributed by atoms with E-state index >= 15 is 0 Å². The minimum absolute atomic E-state index is 0.00692. The number of benzene rings is 3. The molecule has 4 aromatic rings. The number of hydrogen-bond donors (Lipinski definition) is 4. The maximum absolute atomic E-state index is 14.3. The van der Waals surface area contributed by atoms with Crippen molar-refractivity contribution in [2.75, 3.05) is 13.3 Å². The molecule has 3 aromatic carbocycles. The highest BCUT2D eigenvalue weighted by molar-refractivity contribution is 7.58. The third-order valence-electron chi connectivity index (χ3n) is 9.05. The highest BCUT2D eigenvalue weighted by atomic mass is 31.2. The molecule has 4 N–H and O–H groups in total. The van der Waals surface area contributed by atoms with E-state index in [1.165, 1.54) is 4.57 Å². The van der Waals surface area contributed by atoms with Crippen molar-refractivity contribution in [3.05, 3.63) is 102 Å². The second kappa shape index (κ2) is 15.1. The van der Waals surface area contributed by atoms with Gasteiger partial charge in [-0.25, -0.2) is 9.59 Å². The molecular formula is C36H42N3O8P. The van der Waals surface area contributed by atoms with Crippen LogP contribution in [0, 0.1) is 5.41 Å². The van der Waals surface area contributed by atoms with Gasteiger partial charge in [-0.05, 0) is 61.1 Å². The van der Waals surface area contributed by atoms with E-state index in [1.807, 2.05) is 49.4 Å². The molecule has 5 rings (SSSR count). The van der Waals surface area contributed by atoms with Gasteiger partial charge in [0.1, 0.15) is 18.1 Å². The van der Waals surface area contributed by atoms with Crippen molar-refractivity contribution in [3.63, 3.8) is 0 Å². The molecule has 3 atom stereocenters. The van der Waals surface area contributed by atoms with Crippen LogP contribution in [-0.4, -0.2) is 57.8 Å². The third kappa shape index (κ3) is 8.27. The Kier molecular flexibility index (Phi) is 10.9. The van der Waals surface area contributed by atoms with Crippen molar-refractivity contribution >= 4 is 36.4 Å². The summed E-state index contributed by atoms with van der Waals surface area (Å²) < 4.78 is 26.1. The summed E-state index contributed by atoms with van der Waals surface area (Å²) in [5, 5.41) is 16.2. The maximum Gasteiger partial charge on any atom is 0.416 e. The molecule has 11 nitrogen and oxygen atoms in total. The van der Waals surface area contributed by atoms with Crippen LogP contribution in [-0.2, 0) is 33.5 Å². The molecule has 48 heavy (non-hydrogen) atoms. The van der Waals surface area contributed by atoms with Gasteiger partial charge < -0.3 is 30.1 Å². The number of fused-ring (bicyclic) bond motifs is 1. The Morgan fingerprint density at radius 1 is 0.917 bits per heavy atom. The van der Waals surface area contributed by atoms with Gasteiger partial charge in [-0.2, -0.15) is 0 Å². The molecular weight excluding hydrogens is 633 g/mol. The van der Waals surface area contributed by atoms with E-state index in [0.717, 1.165) is 29.4 Å². The number of methoxy groups -OCH3 is 1. The number of para-hydroxylation sites is 1. The van der Waals surface area contributed by atoms with E-state index in [4.69, 9.17) is 9.47 Å².